The molecule has 2 fully saturated rings. The molecule has 0 saturated carbocycles. The lowest BCUT2D eigenvalue weighted by molar-refractivity contribution is -0.134. The summed E-state index contributed by atoms with van der Waals surface area (Å²) >= 11 is 0. The molecule has 1 N–H and O–H groups in total. The third-order valence-corrected chi connectivity index (χ3v) is 6.30. The van der Waals surface area contributed by atoms with E-state index in [4.69, 9.17) is 4.74 Å². The Balaban J connectivity index is 1.45. The quantitative estimate of drug-likeness (QED) is 0.728. The van der Waals surface area contributed by atoms with Crippen molar-refractivity contribution < 1.29 is 23.5 Å². The maximum atomic E-state index is 15.1. The zero-order valence-electron chi connectivity index (χ0n) is 18.4. The first kappa shape index (κ1) is 21.6. The van der Waals surface area contributed by atoms with Crippen LogP contribution in [-0.2, 0) is 20.7 Å². The molecule has 1 atom stereocenters. The molecule has 0 bridgehead atoms. The summed E-state index contributed by atoms with van der Waals surface area (Å²) in [5.41, 5.74) is 1.94. The van der Waals surface area contributed by atoms with Gasteiger partial charge in [-0.05, 0) is 69.6 Å². The Hall–Kier alpha value is -2.64. The van der Waals surface area contributed by atoms with E-state index in [0.717, 1.165) is 17.7 Å². The molecule has 2 saturated heterocycles. The molecule has 3 aliphatic heterocycles. The molecule has 0 unspecified atom stereocenters. The summed E-state index contributed by atoms with van der Waals surface area (Å²) in [5.74, 6) is -0.773. The summed E-state index contributed by atoms with van der Waals surface area (Å²) in [6.07, 6.45) is 2.56. The monoisotopic (exact) mass is 431 g/mol. The van der Waals surface area contributed by atoms with E-state index in [2.05, 4.69) is 5.32 Å². The number of imide groups is 1. The van der Waals surface area contributed by atoms with Crippen LogP contribution in [0.25, 0.3) is 0 Å². The lowest BCUT2D eigenvalue weighted by atomic mass is 9.88. The van der Waals surface area contributed by atoms with Crippen molar-refractivity contribution in [2.24, 2.45) is 0 Å². The van der Waals surface area contributed by atoms with Crippen molar-refractivity contribution in [3.05, 3.63) is 29.1 Å². The van der Waals surface area contributed by atoms with Crippen molar-refractivity contribution in [3.8, 4) is 0 Å². The first-order chi connectivity index (χ1) is 14.6. The van der Waals surface area contributed by atoms with Crippen LogP contribution in [0.3, 0.4) is 0 Å². The van der Waals surface area contributed by atoms with Gasteiger partial charge in [0.05, 0.1) is 0 Å². The van der Waals surface area contributed by atoms with Gasteiger partial charge in [0.15, 0.2) is 0 Å². The molecule has 3 heterocycles. The smallest absolute Gasteiger partial charge is 0.410 e. The van der Waals surface area contributed by atoms with Crippen molar-refractivity contribution in [2.45, 2.75) is 70.4 Å². The van der Waals surface area contributed by atoms with Crippen LogP contribution < -0.4 is 10.2 Å². The van der Waals surface area contributed by atoms with Crippen LogP contribution in [0.2, 0.25) is 0 Å². The van der Waals surface area contributed by atoms with E-state index in [0.29, 0.717) is 50.9 Å². The Kier molecular flexibility index (Phi) is 5.66. The largest absolute Gasteiger partial charge is 0.444 e. The van der Waals surface area contributed by atoms with Crippen LogP contribution in [0.5, 0.6) is 0 Å². The van der Waals surface area contributed by atoms with Crippen LogP contribution >= 0.6 is 0 Å². The van der Waals surface area contributed by atoms with Crippen molar-refractivity contribution in [1.29, 1.82) is 0 Å². The Morgan fingerprint density at radius 1 is 1.10 bits per heavy atom. The minimum atomic E-state index is -0.533. The van der Waals surface area contributed by atoms with Gasteiger partial charge < -0.3 is 14.5 Å². The second-order valence-electron chi connectivity index (χ2n) is 9.65. The number of nitrogens with zero attached hydrogens (tertiary/aromatic N) is 2. The molecule has 3 aliphatic rings. The number of anilines is 1. The van der Waals surface area contributed by atoms with E-state index in [1.807, 2.05) is 31.7 Å². The highest BCUT2D eigenvalue weighted by Crippen LogP contribution is 2.38. The van der Waals surface area contributed by atoms with Gasteiger partial charge in [0.25, 0.3) is 0 Å². The predicted octanol–water partition coefficient (Wildman–Crippen LogP) is 3.11. The van der Waals surface area contributed by atoms with Crippen LogP contribution in [0, 0.1) is 5.82 Å². The number of fused-ring (bicyclic) bond motifs is 1. The fraction of sp³-hybridized carbons (Fsp3) is 0.609. The SMILES string of the molecule is CC(C)(C)OC(=O)N1CCC(c2cc3c(cc2F)N([C@H]2CCC(=O)NC2=O)CC3)CC1. The number of carbonyl (C=O) groups is 3. The minimum absolute atomic E-state index is 0.0497. The Morgan fingerprint density at radius 3 is 2.45 bits per heavy atom. The molecule has 31 heavy (non-hydrogen) atoms. The van der Waals surface area contributed by atoms with E-state index in [9.17, 15) is 14.4 Å². The highest BCUT2D eigenvalue weighted by Gasteiger charge is 2.36. The summed E-state index contributed by atoms with van der Waals surface area (Å²) in [7, 11) is 0. The Labute approximate surface area is 181 Å². The van der Waals surface area contributed by atoms with E-state index in [1.165, 1.54) is 0 Å². The second kappa shape index (κ2) is 8.13. The summed E-state index contributed by atoms with van der Waals surface area (Å²) in [6, 6.07) is 3.05. The number of ether oxygens (including phenoxy) is 1. The molecule has 7 nitrogen and oxygen atoms in total. The number of hydrogen-bond acceptors (Lipinski definition) is 5. The zero-order chi connectivity index (χ0) is 22.3. The molecule has 1 aromatic rings. The number of halogens is 1. The van der Waals surface area contributed by atoms with Crippen molar-refractivity contribution >= 4 is 23.6 Å². The van der Waals surface area contributed by atoms with Crippen LogP contribution in [-0.4, -0.2) is 54.1 Å². The number of amides is 3. The average molecular weight is 432 g/mol. The highest BCUT2D eigenvalue weighted by atomic mass is 19.1. The molecule has 168 valence electrons. The Bertz CT molecular complexity index is 903. The highest BCUT2D eigenvalue weighted by molar-refractivity contribution is 6.01. The molecule has 0 aromatic heterocycles. The van der Waals surface area contributed by atoms with Gasteiger partial charge in [-0.3, -0.25) is 14.9 Å². The third kappa shape index (κ3) is 4.52. The number of piperidine rings is 2. The van der Waals surface area contributed by atoms with Crippen LogP contribution in [0.1, 0.15) is 63.5 Å². The van der Waals surface area contributed by atoms with Gasteiger partial charge in [0.2, 0.25) is 11.8 Å². The van der Waals surface area contributed by atoms with Crippen molar-refractivity contribution in [3.63, 3.8) is 0 Å². The molecule has 0 spiro atoms. The van der Waals surface area contributed by atoms with E-state index in [-0.39, 0.29) is 29.6 Å². The first-order valence-electron chi connectivity index (χ1n) is 11.0. The lowest BCUT2D eigenvalue weighted by Crippen LogP contribution is -2.52. The van der Waals surface area contributed by atoms with E-state index >= 15 is 4.39 Å². The molecule has 1 aromatic carbocycles. The van der Waals surface area contributed by atoms with E-state index in [1.54, 1.807) is 11.0 Å². The van der Waals surface area contributed by atoms with E-state index < -0.39 is 11.6 Å². The van der Waals surface area contributed by atoms with Gasteiger partial charge in [-0.2, -0.15) is 0 Å². The number of carbonyl (C=O) groups excluding carboxylic acids is 3. The van der Waals surface area contributed by atoms with Gasteiger partial charge >= 0.3 is 6.09 Å². The summed E-state index contributed by atoms with van der Waals surface area (Å²) in [4.78, 5) is 39.6. The average Bonchev–Trinajstić information content (AvgIpc) is 3.08. The molecular weight excluding hydrogens is 401 g/mol. The maximum absolute atomic E-state index is 15.1. The van der Waals surface area contributed by atoms with Crippen LogP contribution in [0.4, 0.5) is 14.9 Å². The van der Waals surface area contributed by atoms with Crippen molar-refractivity contribution in [2.75, 3.05) is 24.5 Å². The van der Waals surface area contributed by atoms with Gasteiger partial charge in [-0.15, -0.1) is 0 Å². The van der Waals surface area contributed by atoms with Gasteiger partial charge in [-0.25, -0.2) is 9.18 Å². The van der Waals surface area contributed by atoms with Crippen LogP contribution in [0.15, 0.2) is 12.1 Å². The molecule has 0 aliphatic carbocycles. The molecule has 3 amide bonds. The van der Waals surface area contributed by atoms with Gasteiger partial charge in [-0.1, -0.05) is 6.07 Å². The minimum Gasteiger partial charge on any atom is -0.444 e. The standard InChI is InChI=1S/C23H30FN3O4/c1-23(2,3)31-22(30)26-9-6-14(7-10-26)16-12-15-8-11-27(19(15)13-17(16)24)18-4-5-20(28)25-21(18)29/h12-14,18H,4-11H2,1-3H3,(H,25,28,29)/t18-/m0/s1. The van der Waals surface area contributed by atoms with Crippen molar-refractivity contribution in [1.82, 2.24) is 10.2 Å². The molecule has 8 heteroatoms. The number of hydrogen-bond donors (Lipinski definition) is 1. The molecule has 4 rings (SSSR count). The number of rotatable bonds is 2. The summed E-state index contributed by atoms with van der Waals surface area (Å²) in [6.45, 7) is 7.25. The maximum Gasteiger partial charge on any atom is 0.410 e. The lowest BCUT2D eigenvalue weighted by Gasteiger charge is -2.34. The number of nitrogens with one attached hydrogen (secondary N) is 1. The number of likely N-dealkylation sites (tertiary alicyclic amines) is 1. The fourth-order valence-corrected chi connectivity index (χ4v) is 4.77. The fourth-order valence-electron chi connectivity index (χ4n) is 4.77. The third-order valence-electron chi connectivity index (χ3n) is 6.30. The Morgan fingerprint density at radius 2 is 1.81 bits per heavy atom. The predicted molar refractivity (Wildman–Crippen MR) is 113 cm³/mol. The molecular formula is C23H30FN3O4. The first-order valence-corrected chi connectivity index (χ1v) is 11.0. The molecule has 0 radical (unpaired) electrons. The zero-order valence-corrected chi connectivity index (χ0v) is 18.4. The summed E-state index contributed by atoms with van der Waals surface area (Å²) in [5, 5.41) is 2.39. The van der Waals surface area contributed by atoms with Gasteiger partial charge in [0.1, 0.15) is 17.5 Å². The summed E-state index contributed by atoms with van der Waals surface area (Å²) < 4.78 is 20.6. The normalized spacial score (nSPS) is 22.4. The van der Waals surface area contributed by atoms with Gasteiger partial charge in [0, 0.05) is 31.7 Å². The topological polar surface area (TPSA) is 79.0 Å². The second-order valence-corrected chi connectivity index (χ2v) is 9.65. The number of benzene rings is 1.